The molecule has 0 fully saturated rings. The van der Waals surface area contributed by atoms with Gasteiger partial charge in [0.15, 0.2) is 0 Å². The van der Waals surface area contributed by atoms with Crippen LogP contribution in [0.5, 0.6) is 0 Å². The second-order valence-electron chi connectivity index (χ2n) is 17.9. The first-order valence-corrected chi connectivity index (χ1v) is 23.3. The monoisotopic (exact) mass is 835 g/mol. The van der Waals surface area contributed by atoms with E-state index in [0.717, 1.165) is 0 Å². The van der Waals surface area contributed by atoms with Gasteiger partial charge in [0.05, 0.1) is 98.7 Å². The van der Waals surface area contributed by atoms with E-state index in [2.05, 4.69) is 69.2 Å². The number of phosphoric acid groups is 2. The van der Waals surface area contributed by atoms with E-state index in [1.807, 2.05) is 27.7 Å². The van der Waals surface area contributed by atoms with Gasteiger partial charge in [0.2, 0.25) is 0 Å². The molecule has 0 spiro atoms. The number of phosphoric ester groups is 2. The smallest absolute Gasteiger partial charge is 0.375 e. The molecule has 0 saturated heterocycles. The van der Waals surface area contributed by atoms with Gasteiger partial charge in [-0.15, -0.1) is 0 Å². The quantitative estimate of drug-likeness (QED) is 0.0569. The van der Waals surface area contributed by atoms with Gasteiger partial charge < -0.3 is 23.7 Å². The average Bonchev–Trinajstić information content (AvgIpc) is 2.94. The molecule has 0 radical (unpaired) electrons. The summed E-state index contributed by atoms with van der Waals surface area (Å²) in [5, 5.41) is 0. The lowest BCUT2D eigenvalue weighted by Gasteiger charge is -2.40. The minimum Gasteiger partial charge on any atom is -0.375 e. The van der Waals surface area contributed by atoms with Crippen LogP contribution in [0, 0.1) is 0 Å². The van der Waals surface area contributed by atoms with Crippen molar-refractivity contribution < 1.29 is 60.0 Å². The van der Waals surface area contributed by atoms with E-state index in [-0.39, 0.29) is 51.8 Å². The molecule has 0 aromatic rings. The van der Waals surface area contributed by atoms with Gasteiger partial charge in [-0.2, -0.15) is 0 Å². The SMILES string of the molecule is CCOP(=O)(OCC)OCCC(C)(C)OCCC(C)(C)OC(C)CC(C)(C)OC(C)CC(C)(C)OC(C)(C)CCOC(C)(C)CCOP(=O)(OCC)OCC. The third kappa shape index (κ3) is 26.7. The molecule has 0 bridgehead atoms. The van der Waals surface area contributed by atoms with E-state index < -0.39 is 49.3 Å². The predicted molar refractivity (Wildman–Crippen MR) is 220 cm³/mol. The van der Waals surface area contributed by atoms with Gasteiger partial charge in [-0.1, -0.05) is 0 Å². The Labute approximate surface area is 336 Å². The van der Waals surface area contributed by atoms with Gasteiger partial charge >= 0.3 is 15.6 Å². The number of hydrogen-bond donors (Lipinski definition) is 0. The van der Waals surface area contributed by atoms with Gasteiger partial charge in [-0.05, 0) is 150 Å². The molecule has 0 N–H and O–H groups in total. The summed E-state index contributed by atoms with van der Waals surface area (Å²) in [4.78, 5) is 0. The summed E-state index contributed by atoms with van der Waals surface area (Å²) in [5.41, 5.74) is -2.72. The highest BCUT2D eigenvalue weighted by molar-refractivity contribution is 7.48. The van der Waals surface area contributed by atoms with Crippen LogP contribution in [0.15, 0.2) is 0 Å². The fourth-order valence-electron chi connectivity index (χ4n) is 6.46. The van der Waals surface area contributed by atoms with Crippen LogP contribution in [0.1, 0.15) is 163 Å². The largest absolute Gasteiger partial charge is 0.474 e. The zero-order valence-electron chi connectivity index (χ0n) is 38.3. The van der Waals surface area contributed by atoms with Crippen molar-refractivity contribution in [1.29, 1.82) is 0 Å². The molecule has 0 aliphatic heterocycles. The van der Waals surface area contributed by atoms with E-state index in [4.69, 9.17) is 50.8 Å². The minimum absolute atomic E-state index is 0.0530. The second-order valence-corrected chi connectivity index (χ2v) is 21.2. The van der Waals surface area contributed by atoms with Crippen molar-refractivity contribution in [3.05, 3.63) is 0 Å². The van der Waals surface area contributed by atoms with Gasteiger partial charge in [0, 0.05) is 12.8 Å². The molecular formula is C40H84O13P2. The molecule has 0 amide bonds. The van der Waals surface area contributed by atoms with Gasteiger partial charge in [-0.3, -0.25) is 27.1 Å². The maximum Gasteiger partial charge on any atom is 0.474 e. The van der Waals surface area contributed by atoms with Crippen LogP contribution >= 0.6 is 15.6 Å². The zero-order valence-corrected chi connectivity index (χ0v) is 40.0. The van der Waals surface area contributed by atoms with Crippen molar-refractivity contribution in [2.24, 2.45) is 0 Å². The fraction of sp³-hybridized carbons (Fsp3) is 1.00. The highest BCUT2D eigenvalue weighted by atomic mass is 31.2. The second kappa shape index (κ2) is 24.3. The van der Waals surface area contributed by atoms with E-state index in [1.165, 1.54) is 0 Å². The molecule has 15 heteroatoms. The predicted octanol–water partition coefficient (Wildman–Crippen LogP) is 11.3. The highest BCUT2D eigenvalue weighted by Gasteiger charge is 2.35. The summed E-state index contributed by atoms with van der Waals surface area (Å²) >= 11 is 0. The van der Waals surface area contributed by atoms with Crippen LogP contribution in [0.3, 0.4) is 0 Å². The van der Waals surface area contributed by atoms with Gasteiger partial charge in [0.1, 0.15) is 0 Å². The normalized spacial score (nSPS) is 15.5. The van der Waals surface area contributed by atoms with Crippen LogP contribution in [0.4, 0.5) is 0 Å². The fourth-order valence-corrected chi connectivity index (χ4v) is 8.80. The van der Waals surface area contributed by atoms with Crippen LogP contribution < -0.4 is 0 Å². The van der Waals surface area contributed by atoms with Crippen molar-refractivity contribution >= 4 is 15.6 Å². The Kier molecular flexibility index (Phi) is 24.3. The summed E-state index contributed by atoms with van der Waals surface area (Å²) in [6.07, 6.45) is 3.74. The number of ether oxygens (including phenoxy) is 5. The Hall–Kier alpha value is 0.0200. The molecule has 0 saturated carbocycles. The van der Waals surface area contributed by atoms with Crippen LogP contribution in [-0.2, 0) is 60.0 Å². The first-order chi connectivity index (χ1) is 25.0. The Morgan fingerprint density at radius 2 is 0.709 bits per heavy atom. The lowest BCUT2D eigenvalue weighted by atomic mass is 9.96. The molecule has 0 aliphatic rings. The molecule has 0 heterocycles. The Balaban J connectivity index is 4.83. The molecule has 0 aromatic carbocycles. The molecule has 2 atom stereocenters. The van der Waals surface area contributed by atoms with E-state index in [9.17, 15) is 9.13 Å². The first-order valence-electron chi connectivity index (χ1n) is 20.4. The third-order valence-electron chi connectivity index (χ3n) is 8.60. The Morgan fingerprint density at radius 3 is 1.07 bits per heavy atom. The lowest BCUT2D eigenvalue weighted by molar-refractivity contribution is -0.172. The average molecular weight is 835 g/mol. The van der Waals surface area contributed by atoms with Crippen LogP contribution in [0.2, 0.25) is 0 Å². The zero-order chi connectivity index (χ0) is 42.8. The molecular weight excluding hydrogens is 750 g/mol. The van der Waals surface area contributed by atoms with Crippen molar-refractivity contribution in [1.82, 2.24) is 0 Å². The van der Waals surface area contributed by atoms with Gasteiger partial charge in [-0.25, -0.2) is 9.13 Å². The molecule has 13 nitrogen and oxygen atoms in total. The summed E-state index contributed by atoms with van der Waals surface area (Å²) in [6, 6.07) is 0. The van der Waals surface area contributed by atoms with Gasteiger partial charge in [0.25, 0.3) is 0 Å². The maximum absolute atomic E-state index is 12.6. The summed E-state index contributed by atoms with van der Waals surface area (Å²) < 4.78 is 89.2. The molecule has 55 heavy (non-hydrogen) atoms. The van der Waals surface area contributed by atoms with Crippen molar-refractivity contribution in [3.63, 3.8) is 0 Å². The van der Waals surface area contributed by atoms with Crippen molar-refractivity contribution in [3.8, 4) is 0 Å². The molecule has 332 valence electrons. The van der Waals surface area contributed by atoms with Crippen molar-refractivity contribution in [2.75, 3.05) is 52.9 Å². The maximum atomic E-state index is 12.6. The van der Waals surface area contributed by atoms with E-state index >= 15 is 0 Å². The topological polar surface area (TPSA) is 136 Å². The lowest BCUT2D eigenvalue weighted by Crippen LogP contribution is -2.43. The van der Waals surface area contributed by atoms with E-state index in [0.29, 0.717) is 51.7 Å². The van der Waals surface area contributed by atoms with Crippen LogP contribution in [0.25, 0.3) is 0 Å². The Bertz CT molecular complexity index is 1120. The molecule has 0 aliphatic carbocycles. The summed E-state index contributed by atoms with van der Waals surface area (Å²) in [7, 11) is -7.10. The highest BCUT2D eigenvalue weighted by Crippen LogP contribution is 2.50. The van der Waals surface area contributed by atoms with Crippen molar-refractivity contribution in [2.45, 2.75) is 209 Å². The standard InChI is InChI=1S/C40H84O13P2/c1-19-45-54(41,46-20-2)49-29-25-35(7,8)43-27-23-37(11,12)51-33(5)31-39(15,16)52-34(6)32-40(17,18)53-38(13,14)24-28-44-36(9,10)26-30-50-55(42,47-21-3)48-22-4/h33-34H,19-32H2,1-18H3. The number of rotatable bonds is 34. The van der Waals surface area contributed by atoms with Crippen LogP contribution in [-0.4, -0.2) is 98.7 Å². The first kappa shape index (κ1) is 55.0. The Morgan fingerprint density at radius 1 is 0.400 bits per heavy atom. The summed E-state index contributed by atoms with van der Waals surface area (Å²) in [6.45, 7) is 38.2. The third-order valence-corrected chi connectivity index (χ3v) is 11.9. The molecule has 0 aromatic heterocycles. The molecule has 2 unspecified atom stereocenters. The molecule has 0 rings (SSSR count). The summed E-state index contributed by atoms with van der Waals surface area (Å²) in [5.74, 6) is 0. The van der Waals surface area contributed by atoms with E-state index in [1.54, 1.807) is 27.7 Å². The minimum atomic E-state index is -3.55. The number of hydrogen-bond acceptors (Lipinski definition) is 13.